The summed E-state index contributed by atoms with van der Waals surface area (Å²) < 4.78 is 18.8. The van der Waals surface area contributed by atoms with Crippen LogP contribution in [0.2, 0.25) is 0 Å². The zero-order chi connectivity index (χ0) is 22.3. The molecule has 0 saturated carbocycles. The molecule has 1 saturated heterocycles. The van der Waals surface area contributed by atoms with Gasteiger partial charge in [-0.05, 0) is 34.7 Å². The van der Waals surface area contributed by atoms with Crippen molar-refractivity contribution >= 4 is 8.60 Å². The van der Waals surface area contributed by atoms with E-state index in [2.05, 4.69) is 88.3 Å². The summed E-state index contributed by atoms with van der Waals surface area (Å²) in [7, 11) is -1.38. The highest BCUT2D eigenvalue weighted by atomic mass is 31.2. The molecule has 1 aliphatic rings. The molecular formula is C25H43O3P. The predicted octanol–water partition coefficient (Wildman–Crippen LogP) is 8.04. The third kappa shape index (κ3) is 5.75. The van der Waals surface area contributed by atoms with Gasteiger partial charge < -0.3 is 13.6 Å². The van der Waals surface area contributed by atoms with Gasteiger partial charge in [-0.15, -0.1) is 0 Å². The summed E-state index contributed by atoms with van der Waals surface area (Å²) in [5, 5.41) is 0. The first-order valence-electron chi connectivity index (χ1n) is 11.1. The SMILES string of the molecule is CCC1(CC)COP(Oc2c(C(C)(C)C)cc(C(C)(C)C)cc2C(C)(C)C)OC1. The van der Waals surface area contributed by atoms with E-state index in [0.717, 1.165) is 18.6 Å². The van der Waals surface area contributed by atoms with Crippen LogP contribution in [0.4, 0.5) is 0 Å². The van der Waals surface area contributed by atoms with E-state index in [4.69, 9.17) is 13.6 Å². The Kier molecular flexibility index (Phi) is 7.21. The van der Waals surface area contributed by atoms with Crippen molar-refractivity contribution in [2.24, 2.45) is 5.41 Å². The Labute approximate surface area is 180 Å². The van der Waals surface area contributed by atoms with Crippen LogP contribution in [0.25, 0.3) is 0 Å². The van der Waals surface area contributed by atoms with Crippen molar-refractivity contribution in [1.29, 1.82) is 0 Å². The second-order valence-corrected chi connectivity index (χ2v) is 12.9. The standard InChI is InChI=1S/C25H43O3P/c1-12-25(13-2)16-26-29(27-17-25)28-21-19(23(6,7)8)14-18(22(3,4)5)15-20(21)24(9,10)11/h14-15H,12-13,16-17H2,1-11H3. The number of benzene rings is 1. The highest BCUT2D eigenvalue weighted by molar-refractivity contribution is 7.42. The van der Waals surface area contributed by atoms with Gasteiger partial charge in [0.25, 0.3) is 0 Å². The molecule has 0 spiro atoms. The van der Waals surface area contributed by atoms with Crippen molar-refractivity contribution in [3.63, 3.8) is 0 Å². The summed E-state index contributed by atoms with van der Waals surface area (Å²) in [6.45, 7) is 26.2. The first-order valence-corrected chi connectivity index (χ1v) is 12.2. The third-order valence-corrected chi connectivity index (χ3v) is 7.20. The van der Waals surface area contributed by atoms with Crippen molar-refractivity contribution < 1.29 is 13.6 Å². The first kappa shape index (κ1) is 24.6. The van der Waals surface area contributed by atoms with Crippen molar-refractivity contribution in [2.75, 3.05) is 13.2 Å². The van der Waals surface area contributed by atoms with Gasteiger partial charge in [0.1, 0.15) is 5.75 Å². The molecule has 0 atom stereocenters. The third-order valence-electron chi connectivity index (χ3n) is 6.19. The number of hydrogen-bond acceptors (Lipinski definition) is 3. The average Bonchev–Trinajstić information content (AvgIpc) is 2.60. The maximum Gasteiger partial charge on any atom is 0.397 e. The molecule has 29 heavy (non-hydrogen) atoms. The summed E-state index contributed by atoms with van der Waals surface area (Å²) in [4.78, 5) is 0. The maximum absolute atomic E-state index is 6.54. The van der Waals surface area contributed by atoms with Crippen LogP contribution in [0, 0.1) is 5.41 Å². The zero-order valence-corrected chi connectivity index (χ0v) is 21.5. The lowest BCUT2D eigenvalue weighted by atomic mass is 9.75. The van der Waals surface area contributed by atoms with Gasteiger partial charge in [-0.25, -0.2) is 0 Å². The van der Waals surface area contributed by atoms with Crippen LogP contribution >= 0.6 is 8.60 Å². The molecule has 1 fully saturated rings. The van der Waals surface area contributed by atoms with Gasteiger partial charge in [-0.2, -0.15) is 0 Å². The number of hydrogen-bond donors (Lipinski definition) is 0. The van der Waals surface area contributed by atoms with E-state index < -0.39 is 8.60 Å². The van der Waals surface area contributed by atoms with Gasteiger partial charge in [0.15, 0.2) is 0 Å². The molecule has 0 amide bonds. The maximum atomic E-state index is 6.54. The van der Waals surface area contributed by atoms with E-state index >= 15 is 0 Å². The fraction of sp³-hybridized carbons (Fsp3) is 0.760. The first-order chi connectivity index (χ1) is 13.1. The molecule has 0 aromatic heterocycles. The molecule has 4 heteroatoms. The smallest absolute Gasteiger partial charge is 0.397 e. The Bertz CT molecular complexity index is 655. The Hall–Kier alpha value is -0.630. The van der Waals surface area contributed by atoms with Crippen LogP contribution in [-0.2, 0) is 25.3 Å². The van der Waals surface area contributed by atoms with Crippen LogP contribution < -0.4 is 4.52 Å². The molecule has 0 radical (unpaired) electrons. The van der Waals surface area contributed by atoms with Crippen molar-refractivity contribution in [2.45, 2.75) is 105 Å². The Morgan fingerprint density at radius 3 is 1.52 bits per heavy atom. The van der Waals surface area contributed by atoms with Crippen LogP contribution in [0.3, 0.4) is 0 Å². The van der Waals surface area contributed by atoms with Gasteiger partial charge in [-0.1, -0.05) is 88.3 Å². The molecule has 166 valence electrons. The van der Waals surface area contributed by atoms with Gasteiger partial charge in [0, 0.05) is 16.5 Å². The van der Waals surface area contributed by atoms with Gasteiger partial charge >= 0.3 is 8.60 Å². The molecule has 2 rings (SSSR count). The fourth-order valence-corrected chi connectivity index (χ4v) is 4.80. The minimum absolute atomic E-state index is 0.0433. The summed E-state index contributed by atoms with van der Waals surface area (Å²) in [6, 6.07) is 4.65. The Balaban J connectivity index is 2.50. The second kappa shape index (κ2) is 8.48. The van der Waals surface area contributed by atoms with Crippen LogP contribution in [-0.4, -0.2) is 13.2 Å². The molecule has 3 nitrogen and oxygen atoms in total. The molecule has 0 N–H and O–H groups in total. The molecule has 0 aliphatic carbocycles. The van der Waals surface area contributed by atoms with Crippen LogP contribution in [0.5, 0.6) is 5.75 Å². The van der Waals surface area contributed by atoms with E-state index in [1.807, 2.05) is 0 Å². The minimum Gasteiger partial charge on any atom is -0.426 e. The van der Waals surface area contributed by atoms with E-state index in [0.29, 0.717) is 13.2 Å². The lowest BCUT2D eigenvalue weighted by molar-refractivity contribution is 0.0125. The summed E-state index contributed by atoms with van der Waals surface area (Å²) in [5.41, 5.74) is 3.91. The zero-order valence-electron chi connectivity index (χ0n) is 20.7. The van der Waals surface area contributed by atoms with Crippen molar-refractivity contribution in [3.05, 3.63) is 28.8 Å². The molecule has 1 aliphatic heterocycles. The summed E-state index contributed by atoms with van der Waals surface area (Å²) in [5.74, 6) is 0.949. The predicted molar refractivity (Wildman–Crippen MR) is 125 cm³/mol. The number of rotatable bonds is 4. The molecule has 1 heterocycles. The lowest BCUT2D eigenvalue weighted by Crippen LogP contribution is -2.34. The van der Waals surface area contributed by atoms with Crippen LogP contribution in [0.1, 0.15) is 106 Å². The average molecular weight is 423 g/mol. The summed E-state index contributed by atoms with van der Waals surface area (Å²) in [6.07, 6.45) is 2.13. The van der Waals surface area contributed by atoms with Crippen molar-refractivity contribution in [1.82, 2.24) is 0 Å². The van der Waals surface area contributed by atoms with Gasteiger partial charge in [-0.3, -0.25) is 0 Å². The molecule has 1 aromatic rings. The lowest BCUT2D eigenvalue weighted by Gasteiger charge is -2.38. The highest BCUT2D eigenvalue weighted by Gasteiger charge is 2.38. The monoisotopic (exact) mass is 422 g/mol. The fourth-order valence-electron chi connectivity index (χ4n) is 3.52. The highest BCUT2D eigenvalue weighted by Crippen LogP contribution is 2.53. The van der Waals surface area contributed by atoms with E-state index in [1.165, 1.54) is 16.7 Å². The molecule has 0 bridgehead atoms. The molecular weight excluding hydrogens is 379 g/mol. The molecule has 0 unspecified atom stereocenters. The van der Waals surface area contributed by atoms with E-state index in [1.54, 1.807) is 0 Å². The molecule has 1 aromatic carbocycles. The van der Waals surface area contributed by atoms with Crippen LogP contribution in [0.15, 0.2) is 12.1 Å². The minimum atomic E-state index is -1.38. The Morgan fingerprint density at radius 1 is 0.793 bits per heavy atom. The largest absolute Gasteiger partial charge is 0.426 e. The van der Waals surface area contributed by atoms with E-state index in [9.17, 15) is 0 Å². The quantitative estimate of drug-likeness (QED) is 0.460. The van der Waals surface area contributed by atoms with Crippen molar-refractivity contribution in [3.8, 4) is 5.75 Å². The van der Waals surface area contributed by atoms with Gasteiger partial charge in [0.05, 0.1) is 13.2 Å². The van der Waals surface area contributed by atoms with Gasteiger partial charge in [0.2, 0.25) is 0 Å². The Morgan fingerprint density at radius 2 is 1.21 bits per heavy atom. The van der Waals surface area contributed by atoms with E-state index in [-0.39, 0.29) is 21.7 Å². The second-order valence-electron chi connectivity index (χ2n) is 11.7. The normalized spacial score (nSPS) is 18.7. The summed E-state index contributed by atoms with van der Waals surface area (Å²) >= 11 is 0. The topological polar surface area (TPSA) is 27.7 Å².